The largest absolute Gasteiger partial charge is 0.542 e. The van der Waals surface area contributed by atoms with Crippen LogP contribution in [0.5, 0.6) is 11.5 Å². The second-order valence-electron chi connectivity index (χ2n) is 14.1. The molecule has 0 spiro atoms. The van der Waals surface area contributed by atoms with Crippen LogP contribution in [-0.4, -0.2) is 78.8 Å². The van der Waals surface area contributed by atoms with E-state index in [2.05, 4.69) is 64.1 Å². The van der Waals surface area contributed by atoms with Crippen molar-refractivity contribution in [3.63, 3.8) is 0 Å². The van der Waals surface area contributed by atoms with Crippen molar-refractivity contribution in [1.82, 2.24) is 14.7 Å². The van der Waals surface area contributed by atoms with Gasteiger partial charge in [-0.15, -0.1) is 6.58 Å². The van der Waals surface area contributed by atoms with Gasteiger partial charge in [0.1, 0.15) is 17.3 Å². The van der Waals surface area contributed by atoms with Gasteiger partial charge >= 0.3 is 0 Å². The molecule has 1 N–H and O–H groups in total. The molecule has 1 aliphatic heterocycles. The van der Waals surface area contributed by atoms with Gasteiger partial charge < -0.3 is 14.4 Å². The lowest BCUT2D eigenvalue weighted by molar-refractivity contribution is 0.0298. The Labute approximate surface area is 288 Å². The highest BCUT2D eigenvalue weighted by Crippen LogP contribution is 2.38. The van der Waals surface area contributed by atoms with Gasteiger partial charge in [-0.3, -0.25) is 14.6 Å². The van der Waals surface area contributed by atoms with E-state index >= 15 is 4.39 Å². The van der Waals surface area contributed by atoms with Crippen molar-refractivity contribution in [3.05, 3.63) is 108 Å². The highest BCUT2D eigenvalue weighted by atomic mass is 28.4. The fraction of sp³-hybridized carbons (Fsp3) is 0.462. The molecule has 1 heterocycles. The zero-order chi connectivity index (χ0) is 35.8. The van der Waals surface area contributed by atoms with Crippen LogP contribution >= 0.6 is 0 Å². The highest BCUT2D eigenvalue weighted by molar-refractivity contribution is 6.74. The van der Waals surface area contributed by atoms with Crippen LogP contribution in [0, 0.1) is 11.6 Å². The van der Waals surface area contributed by atoms with E-state index in [4.69, 9.17) is 4.43 Å². The Hall–Kier alpha value is -3.53. The Bertz CT molecular complexity index is 1510. The molecule has 262 valence electrons. The zero-order valence-electron chi connectivity index (χ0n) is 30.3. The number of carbonyl (C=O) groups is 1. The normalized spacial score (nSPS) is 18.0. The number of aromatic hydroxyl groups is 1. The van der Waals surface area contributed by atoms with Gasteiger partial charge in [0.05, 0.1) is 6.04 Å². The molecule has 0 aliphatic carbocycles. The van der Waals surface area contributed by atoms with Gasteiger partial charge in [-0.2, -0.15) is 0 Å². The van der Waals surface area contributed by atoms with Crippen LogP contribution in [0.25, 0.3) is 0 Å². The van der Waals surface area contributed by atoms with Crippen LogP contribution < -0.4 is 4.43 Å². The predicted octanol–water partition coefficient (Wildman–Crippen LogP) is 8.89. The molecule has 1 fully saturated rings. The maximum Gasteiger partial charge on any atom is 0.253 e. The Morgan fingerprint density at radius 2 is 1.62 bits per heavy atom. The van der Waals surface area contributed by atoms with E-state index in [1.807, 2.05) is 44.2 Å². The van der Waals surface area contributed by atoms with Crippen LogP contribution in [0.3, 0.4) is 0 Å². The van der Waals surface area contributed by atoms with Crippen molar-refractivity contribution in [1.29, 1.82) is 0 Å². The number of halogens is 2. The zero-order valence-corrected chi connectivity index (χ0v) is 31.3. The molecule has 6 nitrogen and oxygen atoms in total. The number of hydrogen-bond donors (Lipinski definition) is 1. The van der Waals surface area contributed by atoms with Crippen molar-refractivity contribution in [2.45, 2.75) is 84.7 Å². The summed E-state index contributed by atoms with van der Waals surface area (Å²) in [4.78, 5) is 19.2. The third-order valence-corrected chi connectivity index (χ3v) is 14.0. The number of amides is 1. The van der Waals surface area contributed by atoms with E-state index in [9.17, 15) is 14.3 Å². The lowest BCUT2D eigenvalue weighted by Gasteiger charge is -2.47. The van der Waals surface area contributed by atoms with E-state index in [1.165, 1.54) is 24.3 Å². The molecule has 1 amide bonds. The number of nitrogens with zero attached hydrogens (tertiary/aromatic N) is 3. The molecule has 3 aromatic rings. The lowest BCUT2D eigenvalue weighted by atomic mass is 9.92. The molecule has 0 saturated carbocycles. The summed E-state index contributed by atoms with van der Waals surface area (Å²) in [6.45, 7) is 26.4. The van der Waals surface area contributed by atoms with E-state index in [0.717, 1.165) is 25.2 Å². The minimum Gasteiger partial charge on any atom is -0.542 e. The van der Waals surface area contributed by atoms with E-state index < -0.39 is 8.32 Å². The summed E-state index contributed by atoms with van der Waals surface area (Å²) in [6.07, 6.45) is 1.91. The summed E-state index contributed by atoms with van der Waals surface area (Å²) >= 11 is 0. The number of para-hydroxylation sites is 1. The fourth-order valence-corrected chi connectivity index (χ4v) is 6.77. The summed E-state index contributed by atoms with van der Waals surface area (Å²) < 4.78 is 34.3. The maximum atomic E-state index is 15.1. The molecule has 3 aromatic carbocycles. The van der Waals surface area contributed by atoms with Crippen LogP contribution in [0.1, 0.15) is 76.0 Å². The van der Waals surface area contributed by atoms with Crippen LogP contribution in [0.2, 0.25) is 18.1 Å². The molecule has 9 heteroatoms. The molecule has 0 radical (unpaired) electrons. The average molecular weight is 680 g/mol. The molecule has 1 unspecified atom stereocenters. The van der Waals surface area contributed by atoms with Gasteiger partial charge in [-0.25, -0.2) is 8.78 Å². The average Bonchev–Trinajstić information content (AvgIpc) is 3.03. The van der Waals surface area contributed by atoms with Crippen molar-refractivity contribution in [3.8, 4) is 11.5 Å². The first-order valence-electron chi connectivity index (χ1n) is 17.0. The second-order valence-corrected chi connectivity index (χ2v) is 18.9. The Balaban J connectivity index is 0.000000348. The van der Waals surface area contributed by atoms with Crippen LogP contribution in [-0.2, 0) is 0 Å². The van der Waals surface area contributed by atoms with Crippen molar-refractivity contribution < 1.29 is 23.1 Å². The fourth-order valence-electron chi connectivity index (χ4n) is 5.75. The standard InChI is InChI=1S/C27H36FN3O2.C12H19FOSi/c1-6-15-30-17-20(5)31(18-19(30)4)26(24-16-23(32)13-14-25(24)28)21-9-11-22(12-10-21)27(33)29(7-2)8-3;1-12(2,3)15(4,5)14-11-9-7-6-8-10(11)13/h6,9-14,16,19-20,26,32H,1,7-8,15,17-18H2,2-5H3;6-9H,1-5H3/t19-,20+,26?;/m1./s1. The number of phenols is 1. The van der Waals surface area contributed by atoms with Crippen molar-refractivity contribution >= 4 is 14.2 Å². The summed E-state index contributed by atoms with van der Waals surface area (Å²) in [5.74, 6) is -0.219. The Kier molecular flexibility index (Phi) is 13.6. The van der Waals surface area contributed by atoms with Crippen molar-refractivity contribution in [2.75, 3.05) is 32.7 Å². The van der Waals surface area contributed by atoms with Gasteiger partial charge in [0, 0.05) is 55.9 Å². The third-order valence-electron chi connectivity index (χ3n) is 9.66. The quantitative estimate of drug-likeness (QED) is 0.171. The number of rotatable bonds is 10. The summed E-state index contributed by atoms with van der Waals surface area (Å²) in [7, 11) is -1.92. The van der Waals surface area contributed by atoms with Crippen LogP contribution in [0.15, 0.2) is 79.4 Å². The molecule has 48 heavy (non-hydrogen) atoms. The molecule has 4 rings (SSSR count). The molecule has 1 saturated heterocycles. The minimum absolute atomic E-state index is 0.00772. The van der Waals surface area contributed by atoms with Crippen molar-refractivity contribution in [2.24, 2.45) is 0 Å². The molecular weight excluding hydrogens is 625 g/mol. The molecular formula is C39H55F2N3O3Si. The van der Waals surface area contributed by atoms with E-state index in [-0.39, 0.29) is 46.5 Å². The molecule has 3 atom stereocenters. The topological polar surface area (TPSA) is 56.2 Å². The predicted molar refractivity (Wildman–Crippen MR) is 195 cm³/mol. The molecule has 0 bridgehead atoms. The number of piperazine rings is 1. The summed E-state index contributed by atoms with van der Waals surface area (Å²) in [6, 6.07) is 18.3. The number of hydrogen-bond acceptors (Lipinski definition) is 5. The molecule has 1 aliphatic rings. The monoisotopic (exact) mass is 679 g/mol. The minimum atomic E-state index is -1.92. The van der Waals surface area contributed by atoms with Crippen LogP contribution in [0.4, 0.5) is 8.78 Å². The highest BCUT2D eigenvalue weighted by Gasteiger charge is 2.39. The van der Waals surface area contributed by atoms with E-state index in [1.54, 1.807) is 23.1 Å². The van der Waals surface area contributed by atoms with E-state index in [0.29, 0.717) is 30.0 Å². The first kappa shape index (κ1) is 38.9. The Morgan fingerprint density at radius 1 is 1.00 bits per heavy atom. The molecule has 0 aromatic heterocycles. The lowest BCUT2D eigenvalue weighted by Crippen LogP contribution is -2.57. The number of phenolic OH excluding ortho intramolecular Hbond substituents is 1. The smallest absolute Gasteiger partial charge is 0.253 e. The first-order valence-corrected chi connectivity index (χ1v) is 19.9. The van der Waals surface area contributed by atoms with Gasteiger partial charge in [0.15, 0.2) is 5.82 Å². The van der Waals surface area contributed by atoms with Gasteiger partial charge in [0.2, 0.25) is 0 Å². The van der Waals surface area contributed by atoms with Gasteiger partial charge in [-0.1, -0.05) is 51.1 Å². The third kappa shape index (κ3) is 9.54. The second kappa shape index (κ2) is 16.7. The summed E-state index contributed by atoms with van der Waals surface area (Å²) in [5, 5.41) is 10.2. The first-order chi connectivity index (χ1) is 22.5. The van der Waals surface area contributed by atoms with Gasteiger partial charge in [0.25, 0.3) is 14.2 Å². The van der Waals surface area contributed by atoms with Gasteiger partial charge in [-0.05, 0) is 93.9 Å². The number of carbonyl (C=O) groups excluding carboxylic acids is 1. The SMILES string of the molecule is C=CCN1C[C@H](C)N(C(c2ccc(C(=O)N(CC)CC)cc2)c2cc(O)ccc2F)C[C@H]1C.CC(C)(C)[Si](C)(C)Oc1ccccc1F. The maximum absolute atomic E-state index is 15.1. The summed E-state index contributed by atoms with van der Waals surface area (Å²) in [5.41, 5.74) is 1.95. The number of benzene rings is 3. The Morgan fingerprint density at radius 3 is 2.19 bits per heavy atom.